The van der Waals surface area contributed by atoms with E-state index in [0.29, 0.717) is 6.54 Å². The topological polar surface area (TPSA) is 84.2 Å². The third kappa shape index (κ3) is 3.58. The van der Waals surface area contributed by atoms with Crippen LogP contribution in [0.25, 0.3) is 0 Å². The van der Waals surface area contributed by atoms with Crippen molar-refractivity contribution >= 4 is 11.9 Å². The molecule has 1 aromatic heterocycles. The molecule has 1 heterocycles. The van der Waals surface area contributed by atoms with Gasteiger partial charge in [0.05, 0.1) is 5.69 Å². The molecule has 1 aromatic rings. The van der Waals surface area contributed by atoms with Crippen molar-refractivity contribution in [3.63, 3.8) is 0 Å². The zero-order valence-electron chi connectivity index (χ0n) is 11.1. The average molecular weight is 253 g/mol. The van der Waals surface area contributed by atoms with Gasteiger partial charge in [0.1, 0.15) is 5.54 Å². The van der Waals surface area contributed by atoms with Gasteiger partial charge >= 0.3 is 5.97 Å². The Balaban J connectivity index is 2.52. The predicted molar refractivity (Wildman–Crippen MR) is 66.2 cm³/mol. The summed E-state index contributed by atoms with van der Waals surface area (Å²) in [5.74, 6) is -1.35. The van der Waals surface area contributed by atoms with Gasteiger partial charge in [0.2, 0.25) is 5.91 Å². The first-order valence-electron chi connectivity index (χ1n) is 5.78. The van der Waals surface area contributed by atoms with E-state index < -0.39 is 11.5 Å². The number of aliphatic carboxylic acids is 1. The Morgan fingerprint density at radius 3 is 2.50 bits per heavy atom. The number of carbonyl (C=O) groups excluding carboxylic acids is 1. The Morgan fingerprint density at radius 1 is 1.44 bits per heavy atom. The van der Waals surface area contributed by atoms with Crippen molar-refractivity contribution in [2.45, 2.75) is 46.2 Å². The number of nitrogens with zero attached hydrogens (tertiary/aromatic N) is 2. The molecule has 6 nitrogen and oxygen atoms in total. The van der Waals surface area contributed by atoms with E-state index in [1.54, 1.807) is 4.68 Å². The van der Waals surface area contributed by atoms with Crippen molar-refractivity contribution in [2.75, 3.05) is 0 Å². The Kier molecular flexibility index (Phi) is 4.11. The summed E-state index contributed by atoms with van der Waals surface area (Å²) in [7, 11) is 0. The smallest absolute Gasteiger partial charge is 0.328 e. The highest BCUT2D eigenvalue weighted by Crippen LogP contribution is 2.05. The van der Waals surface area contributed by atoms with Gasteiger partial charge in [-0.25, -0.2) is 4.79 Å². The molecule has 0 atom stereocenters. The van der Waals surface area contributed by atoms with Crippen molar-refractivity contribution in [3.8, 4) is 0 Å². The van der Waals surface area contributed by atoms with Crippen LogP contribution in [0.2, 0.25) is 0 Å². The third-order valence-electron chi connectivity index (χ3n) is 2.64. The van der Waals surface area contributed by atoms with E-state index in [4.69, 9.17) is 5.11 Å². The molecule has 18 heavy (non-hydrogen) atoms. The summed E-state index contributed by atoms with van der Waals surface area (Å²) in [6.45, 7) is 7.16. The maximum Gasteiger partial charge on any atom is 0.328 e. The van der Waals surface area contributed by atoms with Gasteiger partial charge in [-0.05, 0) is 33.8 Å². The Labute approximate surface area is 106 Å². The lowest BCUT2D eigenvalue weighted by Crippen LogP contribution is -2.49. The minimum atomic E-state index is -1.24. The average Bonchev–Trinajstić information content (AvgIpc) is 2.53. The van der Waals surface area contributed by atoms with Gasteiger partial charge in [-0.15, -0.1) is 0 Å². The lowest BCUT2D eigenvalue weighted by atomic mass is 10.1. The second-order valence-electron chi connectivity index (χ2n) is 4.88. The van der Waals surface area contributed by atoms with Crippen LogP contribution in [0.5, 0.6) is 0 Å². The van der Waals surface area contributed by atoms with Gasteiger partial charge in [0.15, 0.2) is 0 Å². The van der Waals surface area contributed by atoms with Crippen LogP contribution >= 0.6 is 0 Å². The third-order valence-corrected chi connectivity index (χ3v) is 2.64. The molecule has 1 rings (SSSR count). The molecule has 0 aliphatic carbocycles. The molecular weight excluding hydrogens is 234 g/mol. The van der Waals surface area contributed by atoms with E-state index >= 15 is 0 Å². The zero-order chi connectivity index (χ0) is 13.9. The van der Waals surface area contributed by atoms with Crippen molar-refractivity contribution in [3.05, 3.63) is 17.5 Å². The van der Waals surface area contributed by atoms with E-state index in [1.165, 1.54) is 13.8 Å². The molecule has 0 aromatic carbocycles. The second-order valence-corrected chi connectivity index (χ2v) is 4.88. The highest BCUT2D eigenvalue weighted by Gasteiger charge is 2.28. The maximum absolute atomic E-state index is 11.6. The van der Waals surface area contributed by atoms with E-state index in [0.717, 1.165) is 11.4 Å². The summed E-state index contributed by atoms with van der Waals surface area (Å²) in [5, 5.41) is 15.6. The van der Waals surface area contributed by atoms with Gasteiger partial charge in [0, 0.05) is 18.7 Å². The summed E-state index contributed by atoms with van der Waals surface area (Å²) in [4.78, 5) is 22.5. The summed E-state index contributed by atoms with van der Waals surface area (Å²) in [6, 6.07) is 1.93. The number of nitrogens with one attached hydrogen (secondary N) is 1. The molecule has 0 unspecified atom stereocenters. The standard InChI is InChI=1S/C12H19N3O3/c1-8-7-9(2)15(14-8)6-5-10(16)13-12(3,4)11(17)18/h7H,5-6H2,1-4H3,(H,13,16)(H,17,18). The molecule has 0 spiro atoms. The first-order chi connectivity index (χ1) is 8.22. The van der Waals surface area contributed by atoms with Gasteiger partial charge in [-0.1, -0.05) is 0 Å². The molecule has 0 aliphatic heterocycles. The number of carbonyl (C=O) groups is 2. The van der Waals surface area contributed by atoms with Crippen LogP contribution in [-0.4, -0.2) is 32.3 Å². The van der Waals surface area contributed by atoms with Crippen molar-refractivity contribution < 1.29 is 14.7 Å². The minimum absolute atomic E-state index is 0.207. The first-order valence-corrected chi connectivity index (χ1v) is 5.78. The van der Waals surface area contributed by atoms with Crippen LogP contribution in [0.3, 0.4) is 0 Å². The van der Waals surface area contributed by atoms with E-state index in [-0.39, 0.29) is 12.3 Å². The summed E-state index contributed by atoms with van der Waals surface area (Å²) in [6.07, 6.45) is 0.207. The molecule has 6 heteroatoms. The largest absolute Gasteiger partial charge is 0.480 e. The molecule has 0 bridgehead atoms. The minimum Gasteiger partial charge on any atom is -0.480 e. The molecule has 100 valence electrons. The number of aryl methyl sites for hydroxylation is 3. The Morgan fingerprint density at radius 2 is 2.06 bits per heavy atom. The Bertz CT molecular complexity index is 463. The van der Waals surface area contributed by atoms with Gasteiger partial charge < -0.3 is 10.4 Å². The van der Waals surface area contributed by atoms with Gasteiger partial charge in [-0.2, -0.15) is 5.10 Å². The number of rotatable bonds is 5. The monoisotopic (exact) mass is 253 g/mol. The fourth-order valence-corrected chi connectivity index (χ4v) is 1.57. The lowest BCUT2D eigenvalue weighted by Gasteiger charge is -2.20. The highest BCUT2D eigenvalue weighted by atomic mass is 16.4. The molecule has 1 amide bonds. The number of aromatic nitrogens is 2. The number of hydrogen-bond donors (Lipinski definition) is 2. The fourth-order valence-electron chi connectivity index (χ4n) is 1.57. The van der Waals surface area contributed by atoms with Crippen LogP contribution < -0.4 is 5.32 Å². The number of carboxylic acids is 1. The van der Waals surface area contributed by atoms with Crippen LogP contribution in [0, 0.1) is 13.8 Å². The van der Waals surface area contributed by atoms with E-state index in [2.05, 4.69) is 10.4 Å². The predicted octanol–water partition coefficient (Wildman–Crippen LogP) is 0.869. The Hall–Kier alpha value is -1.85. The van der Waals surface area contributed by atoms with Crippen molar-refractivity contribution in [2.24, 2.45) is 0 Å². The van der Waals surface area contributed by atoms with Crippen LogP contribution in [0.4, 0.5) is 0 Å². The molecule has 0 radical (unpaired) electrons. The lowest BCUT2D eigenvalue weighted by molar-refractivity contribution is -0.146. The van der Waals surface area contributed by atoms with Crippen LogP contribution in [-0.2, 0) is 16.1 Å². The molecule has 0 fully saturated rings. The van der Waals surface area contributed by atoms with E-state index in [9.17, 15) is 9.59 Å². The normalized spacial score (nSPS) is 11.3. The molecule has 0 aliphatic rings. The SMILES string of the molecule is Cc1cc(C)n(CCC(=O)NC(C)(C)C(=O)O)n1. The molecule has 2 N–H and O–H groups in total. The first kappa shape index (κ1) is 14.2. The maximum atomic E-state index is 11.6. The molecular formula is C12H19N3O3. The summed E-state index contributed by atoms with van der Waals surface area (Å²) < 4.78 is 1.74. The number of amides is 1. The molecule has 0 saturated carbocycles. The number of hydrogen-bond acceptors (Lipinski definition) is 3. The fraction of sp³-hybridized carbons (Fsp3) is 0.583. The van der Waals surface area contributed by atoms with Gasteiger partial charge in [-0.3, -0.25) is 9.48 Å². The van der Waals surface area contributed by atoms with E-state index in [1.807, 2.05) is 19.9 Å². The summed E-state index contributed by atoms with van der Waals surface area (Å²) in [5.41, 5.74) is 0.642. The quantitative estimate of drug-likeness (QED) is 0.815. The molecule has 0 saturated heterocycles. The van der Waals surface area contributed by atoms with Gasteiger partial charge in [0.25, 0.3) is 0 Å². The highest BCUT2D eigenvalue weighted by molar-refractivity contribution is 5.86. The zero-order valence-corrected chi connectivity index (χ0v) is 11.1. The van der Waals surface area contributed by atoms with Crippen molar-refractivity contribution in [1.29, 1.82) is 0 Å². The summed E-state index contributed by atoms with van der Waals surface area (Å²) >= 11 is 0. The van der Waals surface area contributed by atoms with Crippen molar-refractivity contribution in [1.82, 2.24) is 15.1 Å². The second kappa shape index (κ2) is 5.20. The van der Waals surface area contributed by atoms with Crippen LogP contribution in [0.1, 0.15) is 31.7 Å². The van der Waals surface area contributed by atoms with Crippen LogP contribution in [0.15, 0.2) is 6.07 Å². The number of carboxylic acid groups (broad SMARTS) is 1.